The Morgan fingerprint density at radius 1 is 0.848 bits per heavy atom. The van der Waals surface area contributed by atoms with Gasteiger partial charge in [-0.1, -0.05) is 77.1 Å². The lowest BCUT2D eigenvalue weighted by molar-refractivity contribution is -0.268. The van der Waals surface area contributed by atoms with Gasteiger partial charge in [0.2, 0.25) is 5.91 Å². The van der Waals surface area contributed by atoms with Gasteiger partial charge in [-0.2, -0.15) is 0 Å². The number of hydrogen-bond acceptors (Lipinski definition) is 8. The van der Waals surface area contributed by atoms with Gasteiger partial charge >= 0.3 is 0 Å². The Hall–Kier alpha value is -2.21. The number of amides is 2. The minimum absolute atomic E-state index is 0.0481. The summed E-state index contributed by atoms with van der Waals surface area (Å²) < 4.78 is 37.8. The second-order valence-electron chi connectivity index (χ2n) is 11.9. The average Bonchev–Trinajstić information content (AvgIpc) is 3.60. The van der Waals surface area contributed by atoms with E-state index in [4.69, 9.17) is 40.0 Å². The summed E-state index contributed by atoms with van der Waals surface area (Å²) >= 11 is 6.59. The molecule has 260 valence electrons. The van der Waals surface area contributed by atoms with Crippen LogP contribution in [0.2, 0.25) is 5.02 Å². The lowest BCUT2D eigenvalue weighted by Crippen LogP contribution is -2.58. The minimum atomic E-state index is -0.651. The van der Waals surface area contributed by atoms with Gasteiger partial charge in [0.25, 0.3) is 5.91 Å². The summed E-state index contributed by atoms with van der Waals surface area (Å²) in [6, 6.07) is 5.56. The molecule has 0 radical (unpaired) electrons. The molecule has 1 unspecified atom stereocenters. The van der Waals surface area contributed by atoms with Crippen molar-refractivity contribution < 1.29 is 38.0 Å². The number of unbranched alkanes of at least 4 members (excludes halogenated alkanes) is 4. The third-order valence-corrected chi connectivity index (χ3v) is 8.41. The molecular formula is C35H55ClN2O8. The van der Waals surface area contributed by atoms with Gasteiger partial charge in [-0.3, -0.25) is 20.4 Å². The van der Waals surface area contributed by atoms with Crippen LogP contribution in [0.4, 0.5) is 0 Å². The van der Waals surface area contributed by atoms with E-state index in [2.05, 4.69) is 38.5 Å². The number of hydrazine groups is 1. The summed E-state index contributed by atoms with van der Waals surface area (Å²) in [5.41, 5.74) is 6.32. The molecule has 1 fully saturated rings. The normalized spacial score (nSPS) is 24.1. The van der Waals surface area contributed by atoms with Crippen molar-refractivity contribution >= 4 is 23.4 Å². The fourth-order valence-electron chi connectivity index (χ4n) is 5.32. The van der Waals surface area contributed by atoms with Crippen molar-refractivity contribution in [1.29, 1.82) is 0 Å². The van der Waals surface area contributed by atoms with Gasteiger partial charge in [-0.25, -0.2) is 0 Å². The van der Waals surface area contributed by atoms with Crippen molar-refractivity contribution in [3.8, 4) is 0 Å². The van der Waals surface area contributed by atoms with Crippen molar-refractivity contribution in [2.45, 2.75) is 129 Å². The number of rotatable bonds is 21. The lowest BCUT2D eigenvalue weighted by Gasteiger charge is -2.46. The molecule has 1 saturated heterocycles. The third kappa shape index (κ3) is 12.1. The number of benzene rings is 1. The Labute approximate surface area is 280 Å². The molecule has 2 amide bonds. The highest BCUT2D eigenvalue weighted by molar-refractivity contribution is 6.31. The van der Waals surface area contributed by atoms with E-state index < -0.39 is 30.1 Å². The van der Waals surface area contributed by atoms with Crippen LogP contribution in [0.1, 0.15) is 103 Å². The van der Waals surface area contributed by atoms with Crippen molar-refractivity contribution in [1.82, 2.24) is 10.9 Å². The van der Waals surface area contributed by atoms with E-state index in [9.17, 15) is 9.59 Å². The zero-order chi connectivity index (χ0) is 33.1. The second-order valence-corrected chi connectivity index (χ2v) is 12.3. The van der Waals surface area contributed by atoms with E-state index in [1.54, 1.807) is 12.1 Å². The first-order chi connectivity index (χ1) is 22.4. The largest absolute Gasteiger partial charge is 0.488 e. The fraction of sp³-hybridized carbons (Fsp3) is 0.714. The van der Waals surface area contributed by atoms with Crippen LogP contribution in [0.15, 0.2) is 30.5 Å². The maximum absolute atomic E-state index is 12.9. The van der Waals surface area contributed by atoms with E-state index >= 15 is 0 Å². The molecule has 1 aromatic rings. The Morgan fingerprint density at radius 3 is 2.11 bits per heavy atom. The topological polar surface area (TPSA) is 114 Å². The molecule has 3 rings (SSSR count). The van der Waals surface area contributed by atoms with E-state index in [1.165, 1.54) is 6.26 Å². The van der Waals surface area contributed by atoms with Crippen LogP contribution in [0.3, 0.4) is 0 Å². The van der Waals surface area contributed by atoms with Gasteiger partial charge < -0.3 is 28.4 Å². The molecule has 1 aromatic carbocycles. The molecule has 0 spiro atoms. The van der Waals surface area contributed by atoms with E-state index in [0.717, 1.165) is 56.9 Å². The standard InChI is InChI=1S/C35H55ClN2O8/c1-5-9-17-41-24-29-32(43-18-10-6-2)34(45-20-12-8-4)33(44-19-11-7-3)31(46-29)25-15-16-27(36)26(22-25)23-30(39)37-38-35(40)28-14-13-21-42-28/h13,15-16,21-22,28-29,31-34H,5-12,14,17-20,23-24H2,1-4H3,(H,37,39)(H,38,40)/t28?,29-,31+,32-,33+,34+/m1/s1. The first kappa shape index (κ1) is 38.2. The number of carbonyl (C=O) groups excluding carboxylic acids is 2. The van der Waals surface area contributed by atoms with Crippen LogP contribution in [0.25, 0.3) is 0 Å². The maximum Gasteiger partial charge on any atom is 0.279 e. The van der Waals surface area contributed by atoms with Crippen LogP contribution in [-0.2, 0) is 44.4 Å². The number of ether oxygens (including phenoxy) is 6. The third-order valence-electron chi connectivity index (χ3n) is 8.04. The van der Waals surface area contributed by atoms with E-state index in [0.29, 0.717) is 50.0 Å². The molecule has 11 heteroatoms. The molecule has 2 aliphatic rings. The smallest absolute Gasteiger partial charge is 0.279 e. The van der Waals surface area contributed by atoms with Crippen LogP contribution in [0.5, 0.6) is 0 Å². The van der Waals surface area contributed by atoms with E-state index in [-0.39, 0.29) is 24.7 Å². The van der Waals surface area contributed by atoms with Gasteiger partial charge in [0.15, 0.2) is 6.10 Å². The first-order valence-electron chi connectivity index (χ1n) is 17.2. The van der Waals surface area contributed by atoms with Crippen LogP contribution in [-0.4, -0.2) is 75.4 Å². The van der Waals surface area contributed by atoms with E-state index in [1.807, 2.05) is 12.1 Å². The molecular weight excluding hydrogens is 612 g/mol. The van der Waals surface area contributed by atoms with Crippen molar-refractivity contribution in [2.24, 2.45) is 0 Å². The van der Waals surface area contributed by atoms with Crippen LogP contribution >= 0.6 is 11.6 Å². The van der Waals surface area contributed by atoms with Crippen molar-refractivity contribution in [2.75, 3.05) is 33.0 Å². The molecule has 2 N–H and O–H groups in total. The average molecular weight is 667 g/mol. The monoisotopic (exact) mass is 666 g/mol. The molecule has 0 bridgehead atoms. The van der Waals surface area contributed by atoms with Gasteiger partial charge in [-0.15, -0.1) is 0 Å². The lowest BCUT2D eigenvalue weighted by atomic mass is 9.89. The summed E-state index contributed by atoms with van der Waals surface area (Å²) in [7, 11) is 0. The molecule has 0 aliphatic carbocycles. The Bertz CT molecular complexity index is 1070. The quantitative estimate of drug-likeness (QED) is 0.119. The second kappa shape index (κ2) is 21.6. The number of halogens is 1. The Morgan fingerprint density at radius 2 is 1.48 bits per heavy atom. The summed E-state index contributed by atoms with van der Waals surface area (Å²) in [4.78, 5) is 25.1. The SMILES string of the molecule is CCCCOC[C@H]1O[C@@H](c2ccc(Cl)c(CC(=O)NNC(=O)C3CC=CO3)c2)[C@H](OCCCC)[C@@H](OCCCC)[C@@H]1OCCCC. The van der Waals surface area contributed by atoms with Gasteiger partial charge in [-0.05, 0) is 49.0 Å². The highest BCUT2D eigenvalue weighted by atomic mass is 35.5. The Kier molecular flexibility index (Phi) is 18.0. The summed E-state index contributed by atoms with van der Waals surface area (Å²) in [6.07, 6.45) is 8.64. The summed E-state index contributed by atoms with van der Waals surface area (Å²) in [5, 5.41) is 0.434. The van der Waals surface area contributed by atoms with Crippen LogP contribution < -0.4 is 10.9 Å². The highest BCUT2D eigenvalue weighted by Gasteiger charge is 2.48. The first-order valence-corrected chi connectivity index (χ1v) is 17.6. The maximum atomic E-state index is 12.9. The van der Waals surface area contributed by atoms with Crippen molar-refractivity contribution in [3.63, 3.8) is 0 Å². The molecule has 46 heavy (non-hydrogen) atoms. The molecule has 6 atom stereocenters. The fourth-order valence-corrected chi connectivity index (χ4v) is 5.50. The van der Waals surface area contributed by atoms with Crippen LogP contribution in [0, 0.1) is 0 Å². The molecule has 2 aliphatic heterocycles. The molecule has 10 nitrogen and oxygen atoms in total. The number of nitrogens with one attached hydrogen (secondary N) is 2. The predicted molar refractivity (Wildman–Crippen MR) is 177 cm³/mol. The van der Waals surface area contributed by atoms with Gasteiger partial charge in [0.1, 0.15) is 30.5 Å². The number of carbonyl (C=O) groups is 2. The van der Waals surface area contributed by atoms with Gasteiger partial charge in [0.05, 0.1) is 19.3 Å². The predicted octanol–water partition coefficient (Wildman–Crippen LogP) is 6.15. The van der Waals surface area contributed by atoms with Gasteiger partial charge in [0, 0.05) is 37.9 Å². The summed E-state index contributed by atoms with van der Waals surface area (Å²) in [5.74, 6) is -0.830. The Balaban J connectivity index is 1.87. The summed E-state index contributed by atoms with van der Waals surface area (Å²) in [6.45, 7) is 11.3. The number of hydrogen-bond donors (Lipinski definition) is 2. The highest BCUT2D eigenvalue weighted by Crippen LogP contribution is 2.39. The zero-order valence-corrected chi connectivity index (χ0v) is 28.9. The molecule has 2 heterocycles. The molecule has 0 aromatic heterocycles. The van der Waals surface area contributed by atoms with Crippen molar-refractivity contribution in [3.05, 3.63) is 46.7 Å². The zero-order valence-electron chi connectivity index (χ0n) is 28.1. The minimum Gasteiger partial charge on any atom is -0.488 e. The molecule has 0 saturated carbocycles.